The van der Waals surface area contributed by atoms with E-state index in [2.05, 4.69) is 113 Å². The summed E-state index contributed by atoms with van der Waals surface area (Å²) in [7, 11) is 6.81. The van der Waals surface area contributed by atoms with Crippen LogP contribution in [0.25, 0.3) is 46.4 Å². The molecule has 2 aliphatic heterocycles. The molecule has 8 bridgehead atoms. The van der Waals surface area contributed by atoms with Crippen LogP contribution in [0.3, 0.4) is 0 Å². The van der Waals surface area contributed by atoms with Crippen molar-refractivity contribution in [2.24, 2.45) is 0 Å². The molecule has 0 radical (unpaired) electrons. The van der Waals surface area contributed by atoms with E-state index in [1.165, 1.54) is 22.3 Å². The number of aromatic amines is 1. The molecule has 7 aromatic rings. The molecule has 0 saturated carbocycles. The van der Waals surface area contributed by atoms with Gasteiger partial charge < -0.3 is 28.5 Å². The molecule has 4 aromatic carbocycles. The van der Waals surface area contributed by atoms with Gasteiger partial charge in [-0.05, 0) is 149 Å². The Kier molecular flexibility index (Phi) is 12.2. The number of ether oxygens (including phenoxy) is 4. The van der Waals surface area contributed by atoms with E-state index in [1.807, 2.05) is 48.5 Å². The first kappa shape index (κ1) is 41.0. The van der Waals surface area contributed by atoms with Crippen LogP contribution in [0, 0.1) is 0 Å². The molecule has 0 unspecified atom stereocenters. The van der Waals surface area contributed by atoms with Gasteiger partial charge in [-0.25, -0.2) is 9.97 Å². The van der Waals surface area contributed by atoms with Gasteiger partial charge in [0.25, 0.3) is 0 Å². The number of methoxy groups -OCH3 is 4. The van der Waals surface area contributed by atoms with Crippen molar-refractivity contribution in [2.45, 2.75) is 25.8 Å². The van der Waals surface area contributed by atoms with Gasteiger partial charge in [0.15, 0.2) is 0 Å². The number of aromatic nitrogens is 4. The number of H-pyrrole nitrogens is 1. The number of nitrogens with one attached hydrogen (secondary N) is 1. The van der Waals surface area contributed by atoms with Crippen LogP contribution in [-0.4, -0.2) is 48.0 Å². The molecule has 0 amide bonds. The Bertz CT molecular complexity index is 2890. The minimum atomic E-state index is 0. The van der Waals surface area contributed by atoms with Gasteiger partial charge in [-0.1, -0.05) is 48.5 Å². The summed E-state index contributed by atoms with van der Waals surface area (Å²) in [5, 5.41) is 0. The Morgan fingerprint density at radius 2 is 0.852 bits per heavy atom. The Labute approximate surface area is 366 Å². The quantitative estimate of drug-likeness (QED) is 0.123. The summed E-state index contributed by atoms with van der Waals surface area (Å²) in [4.78, 5) is 14.1. The summed E-state index contributed by atoms with van der Waals surface area (Å²) in [5.41, 5.74) is 15.9. The van der Waals surface area contributed by atoms with Crippen molar-refractivity contribution in [1.29, 1.82) is 0 Å². The van der Waals surface area contributed by atoms with E-state index >= 15 is 0 Å². The summed E-state index contributed by atoms with van der Waals surface area (Å²) in [6, 6.07) is 44.2. The van der Waals surface area contributed by atoms with Gasteiger partial charge in [0.05, 0.1) is 56.7 Å². The third kappa shape index (κ3) is 9.04. The second-order valence-corrected chi connectivity index (χ2v) is 15.0. The van der Waals surface area contributed by atoms with Gasteiger partial charge in [-0.15, -0.1) is 0 Å². The van der Waals surface area contributed by atoms with E-state index in [-0.39, 0.29) is 17.1 Å². The number of rotatable bonds is 12. The summed E-state index contributed by atoms with van der Waals surface area (Å²) in [6.07, 6.45) is 10.4. The SMILES string of the molecule is COc1ccc(Cc2c(Cc3ccc(OC)cc3)c3c(Cc4ccc(OC)cc4)c4nc(cc5ccc(cc6nc(cc2n3Cc2ccc(OC)cc2)C=C6)[nH]5)C=C4)cc1.[Fe]. The van der Waals surface area contributed by atoms with Crippen molar-refractivity contribution in [3.05, 3.63) is 189 Å². The predicted octanol–water partition coefficient (Wildman–Crippen LogP) is 11.0. The fourth-order valence-corrected chi connectivity index (χ4v) is 8.10. The van der Waals surface area contributed by atoms with Crippen molar-refractivity contribution >= 4 is 46.4 Å². The summed E-state index contributed by atoms with van der Waals surface area (Å²) >= 11 is 0. The van der Waals surface area contributed by atoms with Crippen molar-refractivity contribution in [1.82, 2.24) is 19.5 Å². The Balaban J connectivity index is 0.00000514. The van der Waals surface area contributed by atoms with Crippen LogP contribution in [0.4, 0.5) is 0 Å². The largest absolute Gasteiger partial charge is 0.497 e. The normalized spacial score (nSPS) is 11.6. The van der Waals surface area contributed by atoms with E-state index in [1.54, 1.807) is 28.4 Å². The van der Waals surface area contributed by atoms with Crippen molar-refractivity contribution in [2.75, 3.05) is 28.4 Å². The standard InChI is InChI=1S/C52H46N4O4.Fe/c1-57-43-18-5-34(6-19-43)27-47-48(28-35-7-20-44(58-2)21-8-35)52-49(29-36-9-22-45(59-3)23-10-36)50-26-17-41(55-50)31-40-14-13-38(53-40)30-39-15-16-42(54-39)32-51(47)56(52)33-37-11-24-46(60-4)25-12-37;/h5-26,30-32,53H,27-29,33H2,1-4H3;. The van der Waals surface area contributed by atoms with Gasteiger partial charge in [-0.2, -0.15) is 0 Å². The first-order valence-corrected chi connectivity index (χ1v) is 20.1. The number of nitrogens with zero attached hydrogens (tertiary/aromatic N) is 3. The second-order valence-electron chi connectivity index (χ2n) is 15.0. The molecular formula is C52H46FeN4O4. The zero-order chi connectivity index (χ0) is 41.0. The molecule has 0 atom stereocenters. The van der Waals surface area contributed by atoms with Crippen molar-refractivity contribution < 1.29 is 36.0 Å². The molecule has 306 valence electrons. The minimum absolute atomic E-state index is 0. The van der Waals surface area contributed by atoms with E-state index < -0.39 is 0 Å². The number of hydrogen-bond acceptors (Lipinski definition) is 6. The van der Waals surface area contributed by atoms with E-state index in [4.69, 9.17) is 28.9 Å². The van der Waals surface area contributed by atoms with Crippen LogP contribution in [0.2, 0.25) is 0 Å². The van der Waals surface area contributed by atoms with Gasteiger partial charge in [-0.3, -0.25) is 0 Å². The number of fused-ring (bicyclic) bond motifs is 8. The fourth-order valence-electron chi connectivity index (χ4n) is 8.10. The molecule has 0 fully saturated rings. The fraction of sp³-hybridized carbons (Fsp3) is 0.154. The van der Waals surface area contributed by atoms with Crippen molar-refractivity contribution in [3.63, 3.8) is 0 Å². The molecule has 61 heavy (non-hydrogen) atoms. The molecule has 2 aliphatic rings. The smallest absolute Gasteiger partial charge is 0.118 e. The second kappa shape index (κ2) is 18.2. The monoisotopic (exact) mass is 846 g/mol. The van der Waals surface area contributed by atoms with E-state index in [0.29, 0.717) is 25.8 Å². The van der Waals surface area contributed by atoms with Gasteiger partial charge >= 0.3 is 0 Å². The number of hydrogen-bond donors (Lipinski definition) is 1. The van der Waals surface area contributed by atoms with Crippen LogP contribution in [-0.2, 0) is 42.9 Å². The third-order valence-electron chi connectivity index (χ3n) is 11.2. The Morgan fingerprint density at radius 1 is 0.443 bits per heavy atom. The molecule has 5 heterocycles. The Hall–Kier alpha value is -6.80. The summed E-state index contributed by atoms with van der Waals surface area (Å²) in [5.74, 6) is 3.27. The maximum Gasteiger partial charge on any atom is 0.118 e. The van der Waals surface area contributed by atoms with E-state index in [0.717, 1.165) is 84.5 Å². The van der Waals surface area contributed by atoms with Crippen LogP contribution in [0.5, 0.6) is 23.0 Å². The average molecular weight is 847 g/mol. The summed E-state index contributed by atoms with van der Waals surface area (Å²) < 4.78 is 24.9. The van der Waals surface area contributed by atoms with Crippen LogP contribution in [0.15, 0.2) is 127 Å². The first-order valence-electron chi connectivity index (χ1n) is 20.1. The van der Waals surface area contributed by atoms with Crippen molar-refractivity contribution in [3.8, 4) is 23.0 Å². The molecule has 0 saturated heterocycles. The minimum Gasteiger partial charge on any atom is -0.497 e. The molecular weight excluding hydrogens is 800 g/mol. The topological polar surface area (TPSA) is 83.4 Å². The number of benzene rings is 4. The molecule has 9 heteroatoms. The van der Waals surface area contributed by atoms with Gasteiger partial charge in [0.2, 0.25) is 0 Å². The van der Waals surface area contributed by atoms with Crippen LogP contribution < -0.4 is 18.9 Å². The average Bonchev–Trinajstić information content (AvgIpc) is 4.10. The molecule has 9 rings (SSSR count). The third-order valence-corrected chi connectivity index (χ3v) is 11.2. The van der Waals surface area contributed by atoms with E-state index in [9.17, 15) is 0 Å². The molecule has 1 N–H and O–H groups in total. The van der Waals surface area contributed by atoms with Gasteiger partial charge in [0.1, 0.15) is 23.0 Å². The zero-order valence-electron chi connectivity index (χ0n) is 34.6. The molecule has 8 nitrogen and oxygen atoms in total. The first-order chi connectivity index (χ1) is 29.4. The maximum atomic E-state index is 5.60. The van der Waals surface area contributed by atoms with Crippen LogP contribution in [0.1, 0.15) is 61.7 Å². The predicted molar refractivity (Wildman–Crippen MR) is 242 cm³/mol. The van der Waals surface area contributed by atoms with Crippen LogP contribution >= 0.6 is 0 Å². The molecule has 0 aliphatic carbocycles. The Morgan fingerprint density at radius 3 is 1.34 bits per heavy atom. The summed E-state index contributed by atoms with van der Waals surface area (Å²) in [6.45, 7) is 0.596. The maximum absolute atomic E-state index is 5.60. The zero-order valence-corrected chi connectivity index (χ0v) is 35.7. The molecule has 3 aromatic heterocycles. The molecule has 0 spiro atoms. The van der Waals surface area contributed by atoms with Gasteiger partial charge in [0, 0.05) is 52.1 Å².